The molecule has 0 saturated carbocycles. The van der Waals surface area contributed by atoms with E-state index < -0.39 is 0 Å². The quantitative estimate of drug-likeness (QED) is 0.792. The predicted octanol–water partition coefficient (Wildman–Crippen LogP) is 3.31. The van der Waals surface area contributed by atoms with Gasteiger partial charge in [-0.3, -0.25) is 4.79 Å². The summed E-state index contributed by atoms with van der Waals surface area (Å²) in [5.41, 5.74) is 4.01. The first-order valence-corrected chi connectivity index (χ1v) is 7.12. The Morgan fingerprint density at radius 1 is 1.24 bits per heavy atom. The highest BCUT2D eigenvalue weighted by Gasteiger charge is 2.17. The molecule has 0 fully saturated rings. The summed E-state index contributed by atoms with van der Waals surface area (Å²) in [6, 6.07) is 11.0. The number of aryl methyl sites for hydroxylation is 1. The molecule has 0 atom stereocenters. The van der Waals surface area contributed by atoms with Crippen LogP contribution in [0, 0.1) is 6.92 Å². The van der Waals surface area contributed by atoms with Crippen LogP contribution in [0.25, 0.3) is 0 Å². The highest BCUT2D eigenvalue weighted by molar-refractivity contribution is 6.07. The van der Waals surface area contributed by atoms with E-state index in [1.807, 2.05) is 18.2 Å². The van der Waals surface area contributed by atoms with E-state index in [2.05, 4.69) is 10.6 Å². The number of rotatable bonds is 2. The van der Waals surface area contributed by atoms with Gasteiger partial charge in [-0.25, -0.2) is 0 Å². The molecule has 2 aromatic rings. The Bertz CT molecular complexity index is 695. The number of phenols is 1. The third kappa shape index (κ3) is 2.57. The molecule has 108 valence electrons. The standard InChI is InChI=1S/C17H18N2O2/c1-11-5-2-6-13(16(11)20)17(21)19-15-9-3-8-14-12(15)7-4-10-18-14/h2-3,5-6,8-9,18,20H,4,7,10H2,1H3,(H,19,21). The van der Waals surface area contributed by atoms with Crippen molar-refractivity contribution in [1.29, 1.82) is 0 Å². The Balaban J connectivity index is 1.90. The van der Waals surface area contributed by atoms with Gasteiger partial charge in [-0.05, 0) is 49.1 Å². The third-order valence-corrected chi connectivity index (χ3v) is 3.83. The molecule has 4 nitrogen and oxygen atoms in total. The average molecular weight is 282 g/mol. The topological polar surface area (TPSA) is 61.4 Å². The van der Waals surface area contributed by atoms with Gasteiger partial charge in [0, 0.05) is 17.9 Å². The number of hydrogen-bond donors (Lipinski definition) is 3. The molecule has 0 bridgehead atoms. The van der Waals surface area contributed by atoms with E-state index in [0.29, 0.717) is 11.1 Å². The van der Waals surface area contributed by atoms with E-state index in [-0.39, 0.29) is 11.7 Å². The summed E-state index contributed by atoms with van der Waals surface area (Å²) in [6.45, 7) is 2.74. The van der Waals surface area contributed by atoms with Gasteiger partial charge in [-0.15, -0.1) is 0 Å². The van der Waals surface area contributed by atoms with Gasteiger partial charge >= 0.3 is 0 Å². The Kier molecular flexibility index (Phi) is 3.52. The zero-order valence-corrected chi connectivity index (χ0v) is 11.9. The number of amides is 1. The minimum atomic E-state index is -0.282. The van der Waals surface area contributed by atoms with E-state index >= 15 is 0 Å². The number of carbonyl (C=O) groups is 1. The Morgan fingerprint density at radius 2 is 2.05 bits per heavy atom. The molecule has 1 aliphatic rings. The number of fused-ring (bicyclic) bond motifs is 1. The molecule has 4 heteroatoms. The second-order valence-electron chi connectivity index (χ2n) is 5.29. The second kappa shape index (κ2) is 5.48. The van der Waals surface area contributed by atoms with Crippen molar-refractivity contribution in [2.24, 2.45) is 0 Å². The lowest BCUT2D eigenvalue weighted by molar-refractivity contribution is 0.102. The maximum Gasteiger partial charge on any atom is 0.259 e. The van der Waals surface area contributed by atoms with Crippen LogP contribution < -0.4 is 10.6 Å². The molecule has 1 heterocycles. The lowest BCUT2D eigenvalue weighted by Crippen LogP contribution is -2.17. The van der Waals surface area contributed by atoms with Gasteiger partial charge in [0.1, 0.15) is 5.75 Å². The van der Waals surface area contributed by atoms with Gasteiger partial charge in [0.2, 0.25) is 0 Å². The highest BCUT2D eigenvalue weighted by atomic mass is 16.3. The second-order valence-corrected chi connectivity index (χ2v) is 5.29. The van der Waals surface area contributed by atoms with E-state index in [9.17, 15) is 9.90 Å². The molecule has 21 heavy (non-hydrogen) atoms. The lowest BCUT2D eigenvalue weighted by Gasteiger charge is -2.21. The normalized spacial score (nSPS) is 13.2. The van der Waals surface area contributed by atoms with Gasteiger partial charge in [0.05, 0.1) is 5.56 Å². The van der Waals surface area contributed by atoms with E-state index in [4.69, 9.17) is 0 Å². The number of anilines is 2. The molecule has 0 saturated heterocycles. The molecular formula is C17H18N2O2. The number of nitrogens with one attached hydrogen (secondary N) is 2. The number of para-hydroxylation sites is 1. The number of carbonyl (C=O) groups excluding carboxylic acids is 1. The average Bonchev–Trinajstić information content (AvgIpc) is 2.50. The maximum absolute atomic E-state index is 12.4. The van der Waals surface area contributed by atoms with Crippen LogP contribution >= 0.6 is 0 Å². The summed E-state index contributed by atoms with van der Waals surface area (Å²) in [5, 5.41) is 16.3. The Labute approximate surface area is 123 Å². The monoisotopic (exact) mass is 282 g/mol. The van der Waals surface area contributed by atoms with E-state index in [1.54, 1.807) is 25.1 Å². The van der Waals surface area contributed by atoms with Crippen molar-refractivity contribution in [3.63, 3.8) is 0 Å². The molecule has 1 aliphatic heterocycles. The van der Waals surface area contributed by atoms with Crippen LogP contribution in [0.4, 0.5) is 11.4 Å². The van der Waals surface area contributed by atoms with Crippen LogP contribution in [-0.2, 0) is 6.42 Å². The maximum atomic E-state index is 12.4. The number of benzene rings is 2. The first kappa shape index (κ1) is 13.5. The van der Waals surface area contributed by atoms with Crippen LogP contribution in [-0.4, -0.2) is 17.6 Å². The molecular weight excluding hydrogens is 264 g/mol. The summed E-state index contributed by atoms with van der Waals surface area (Å²) in [7, 11) is 0. The fraction of sp³-hybridized carbons (Fsp3) is 0.235. The SMILES string of the molecule is Cc1cccc(C(=O)Nc2cccc3c2CCCN3)c1O. The van der Waals surface area contributed by atoms with Gasteiger partial charge in [0.25, 0.3) is 5.91 Å². The first-order valence-electron chi connectivity index (χ1n) is 7.12. The molecule has 0 spiro atoms. The fourth-order valence-corrected chi connectivity index (χ4v) is 2.66. The molecule has 0 aliphatic carbocycles. The predicted molar refractivity (Wildman–Crippen MR) is 84.0 cm³/mol. The minimum absolute atomic E-state index is 0.0397. The summed E-state index contributed by atoms with van der Waals surface area (Å²) in [5.74, 6) is -0.243. The van der Waals surface area contributed by atoms with Crippen LogP contribution in [0.2, 0.25) is 0 Å². The number of aromatic hydroxyl groups is 1. The van der Waals surface area contributed by atoms with Gasteiger partial charge in [-0.2, -0.15) is 0 Å². The zero-order valence-electron chi connectivity index (χ0n) is 11.9. The van der Waals surface area contributed by atoms with Crippen LogP contribution in [0.3, 0.4) is 0 Å². The molecule has 1 amide bonds. The molecule has 3 N–H and O–H groups in total. The number of hydrogen-bond acceptors (Lipinski definition) is 3. The third-order valence-electron chi connectivity index (χ3n) is 3.83. The molecule has 0 aromatic heterocycles. The largest absolute Gasteiger partial charge is 0.507 e. The van der Waals surface area contributed by atoms with Crippen molar-refractivity contribution in [3.8, 4) is 5.75 Å². The molecule has 3 rings (SSSR count). The Hall–Kier alpha value is -2.49. The van der Waals surface area contributed by atoms with Crippen LogP contribution in [0.15, 0.2) is 36.4 Å². The molecule has 0 radical (unpaired) electrons. The molecule has 2 aromatic carbocycles. The smallest absolute Gasteiger partial charge is 0.259 e. The Morgan fingerprint density at radius 3 is 2.90 bits per heavy atom. The van der Waals surface area contributed by atoms with Gasteiger partial charge < -0.3 is 15.7 Å². The van der Waals surface area contributed by atoms with E-state index in [1.165, 1.54) is 0 Å². The van der Waals surface area contributed by atoms with Crippen molar-refractivity contribution in [1.82, 2.24) is 0 Å². The fourth-order valence-electron chi connectivity index (χ4n) is 2.66. The van der Waals surface area contributed by atoms with Crippen LogP contribution in [0.1, 0.15) is 27.9 Å². The summed E-state index contributed by atoms with van der Waals surface area (Å²) in [4.78, 5) is 12.4. The van der Waals surface area contributed by atoms with E-state index in [0.717, 1.165) is 36.3 Å². The van der Waals surface area contributed by atoms with Crippen molar-refractivity contribution in [2.45, 2.75) is 19.8 Å². The molecule has 0 unspecified atom stereocenters. The highest BCUT2D eigenvalue weighted by Crippen LogP contribution is 2.30. The summed E-state index contributed by atoms with van der Waals surface area (Å²) >= 11 is 0. The minimum Gasteiger partial charge on any atom is -0.507 e. The first-order chi connectivity index (χ1) is 10.2. The summed E-state index contributed by atoms with van der Waals surface area (Å²) in [6.07, 6.45) is 1.99. The van der Waals surface area contributed by atoms with Crippen molar-refractivity contribution >= 4 is 17.3 Å². The zero-order chi connectivity index (χ0) is 14.8. The van der Waals surface area contributed by atoms with Crippen molar-refractivity contribution in [3.05, 3.63) is 53.1 Å². The lowest BCUT2D eigenvalue weighted by atomic mass is 10.0. The number of phenolic OH excluding ortho intramolecular Hbond substituents is 1. The van der Waals surface area contributed by atoms with Crippen molar-refractivity contribution in [2.75, 3.05) is 17.2 Å². The van der Waals surface area contributed by atoms with Crippen molar-refractivity contribution < 1.29 is 9.90 Å². The van der Waals surface area contributed by atoms with Crippen LogP contribution in [0.5, 0.6) is 5.75 Å². The van der Waals surface area contributed by atoms with Gasteiger partial charge in [0.15, 0.2) is 0 Å². The summed E-state index contributed by atoms with van der Waals surface area (Å²) < 4.78 is 0. The van der Waals surface area contributed by atoms with Gasteiger partial charge in [-0.1, -0.05) is 18.2 Å².